The molecule has 0 saturated carbocycles. The van der Waals surface area contributed by atoms with E-state index in [0.29, 0.717) is 0 Å². The zero-order valence-corrected chi connectivity index (χ0v) is 8.17. The average Bonchev–Trinajstić information content (AvgIpc) is 2.17. The van der Waals surface area contributed by atoms with Crippen molar-refractivity contribution in [3.63, 3.8) is 0 Å². The zero-order chi connectivity index (χ0) is 9.26. The Hall–Kier alpha value is -0.130. The molecule has 6 heteroatoms. The van der Waals surface area contributed by atoms with E-state index >= 15 is 0 Å². The van der Waals surface area contributed by atoms with Gasteiger partial charge in [0.2, 0.25) is 0 Å². The van der Waals surface area contributed by atoms with Gasteiger partial charge in [-0.15, -0.1) is 0 Å². The second-order valence-corrected chi connectivity index (χ2v) is 3.54. The molecule has 0 atom stereocenters. The molecule has 0 fully saturated rings. The summed E-state index contributed by atoms with van der Waals surface area (Å²) in [4.78, 5) is 0. The van der Waals surface area contributed by atoms with Gasteiger partial charge in [-0.2, -0.15) is 0 Å². The second-order valence-electron chi connectivity index (χ2n) is 3.54. The van der Waals surface area contributed by atoms with Crippen molar-refractivity contribution in [3.05, 3.63) is 10.7 Å². The van der Waals surface area contributed by atoms with Crippen LogP contribution >= 0.6 is 0 Å². The van der Waals surface area contributed by atoms with Gasteiger partial charge in [-0.05, 0) is 0 Å². The van der Waals surface area contributed by atoms with Gasteiger partial charge in [-0.25, -0.2) is 0 Å². The van der Waals surface area contributed by atoms with E-state index in [1.807, 2.05) is 0 Å². The molecule has 0 saturated heterocycles. The van der Waals surface area contributed by atoms with Gasteiger partial charge in [0.25, 0.3) is 0 Å². The Morgan fingerprint density at radius 2 is 1.62 bits per heavy atom. The predicted octanol–water partition coefficient (Wildman–Crippen LogP) is -0.261. The summed E-state index contributed by atoms with van der Waals surface area (Å²) in [5.41, 5.74) is 0. The van der Waals surface area contributed by atoms with Crippen LogP contribution in [0.5, 0.6) is 0 Å². The second kappa shape index (κ2) is 3.94. The Kier molecular flexibility index (Phi) is 2.86. The van der Waals surface area contributed by atoms with Crippen LogP contribution in [0.3, 0.4) is 0 Å². The summed E-state index contributed by atoms with van der Waals surface area (Å²) >= 11 is 0. The van der Waals surface area contributed by atoms with Crippen molar-refractivity contribution in [1.29, 1.82) is 0 Å². The molecule has 0 aliphatic carbocycles. The first-order valence-electron chi connectivity index (χ1n) is 4.79. The molecular weight excluding hydrogens is 149 g/mol. The Balaban J connectivity index is 2.66. The minimum absolute atomic E-state index is 1.11. The Morgan fingerprint density at radius 3 is 2.38 bits per heavy atom. The van der Waals surface area contributed by atoms with Crippen molar-refractivity contribution in [2.75, 3.05) is 0 Å². The van der Waals surface area contributed by atoms with Gasteiger partial charge in [0, 0.05) is 0 Å². The molecule has 0 nitrogen and oxygen atoms in total. The van der Waals surface area contributed by atoms with E-state index in [1.54, 1.807) is 0 Å². The summed E-state index contributed by atoms with van der Waals surface area (Å²) in [5, 5.41) is 5.44. The Labute approximate surface area is 82.8 Å². The molecule has 0 aromatic carbocycles. The molecule has 2 heterocycles. The van der Waals surface area contributed by atoms with E-state index in [-0.39, 0.29) is 0 Å². The summed E-state index contributed by atoms with van der Waals surface area (Å²) in [5.74, 6) is 0. The monoisotopic (exact) mass is 158 g/mol. The standard InChI is InChI=1S/C7H8B6/c1-3-5-9-7-6(13-11-5)8-4(2)10-12-7/h3H2,1-2H3. The van der Waals surface area contributed by atoms with E-state index in [9.17, 15) is 0 Å². The van der Waals surface area contributed by atoms with Gasteiger partial charge in [0.05, 0.1) is 0 Å². The normalized spacial score (nSPS) is 8.77. The quantitative estimate of drug-likeness (QED) is 0.535. The summed E-state index contributed by atoms with van der Waals surface area (Å²) < 4.78 is 0. The molecule has 0 N–H and O–H groups in total. The fraction of sp³-hybridized carbons (Fsp3) is 0.429. The van der Waals surface area contributed by atoms with Gasteiger partial charge < -0.3 is 0 Å². The first-order valence-corrected chi connectivity index (χ1v) is 4.79. The van der Waals surface area contributed by atoms with E-state index in [2.05, 4.69) is 54.9 Å². The summed E-state index contributed by atoms with van der Waals surface area (Å²) in [7, 11) is 0. The molecule has 0 spiro atoms. The van der Waals surface area contributed by atoms with Gasteiger partial charge >= 0.3 is 82.3 Å². The Bertz CT molecular complexity index is 440. The molecule has 54 valence electrons. The fourth-order valence-corrected chi connectivity index (χ4v) is 1.63. The van der Waals surface area contributed by atoms with Gasteiger partial charge in [0.15, 0.2) is 0 Å². The minimum atomic E-state index is 1.11. The number of rotatable bonds is 1. The SMILES string of the molecule is CCc1bbc2bc(C)bbc2b1. The topological polar surface area (TPSA) is 0 Å². The van der Waals surface area contributed by atoms with Crippen LogP contribution in [-0.2, 0) is 6.42 Å². The molecule has 0 aliphatic rings. The third kappa shape index (κ3) is 2.03. The molecule has 0 amide bonds. The van der Waals surface area contributed by atoms with Gasteiger partial charge in [-0.3, -0.25) is 0 Å². The van der Waals surface area contributed by atoms with Crippen molar-refractivity contribution < 1.29 is 0 Å². The predicted molar refractivity (Wildman–Crippen MR) is 66.1 cm³/mol. The van der Waals surface area contributed by atoms with Crippen LogP contribution in [0.25, 0.3) is 10.4 Å². The van der Waals surface area contributed by atoms with Crippen LogP contribution in [0.15, 0.2) is 0 Å². The van der Waals surface area contributed by atoms with E-state index < -0.39 is 0 Å². The van der Waals surface area contributed by atoms with Crippen LogP contribution in [0, 0.1) is 6.92 Å². The first-order chi connectivity index (χ1) is 6.29. The first kappa shape index (κ1) is 9.43. The number of fused-ring (bicyclic) bond motifs is 1. The van der Waals surface area contributed by atoms with Crippen molar-refractivity contribution >= 4 is 51.4 Å². The molecule has 2 rings (SSSR count). The van der Waals surface area contributed by atoms with E-state index in [0.717, 1.165) is 6.42 Å². The molecule has 2 aromatic rings. The summed E-state index contributed by atoms with van der Waals surface area (Å²) in [6.07, 6.45) is 1.11. The third-order valence-corrected chi connectivity index (χ3v) is 2.47. The Morgan fingerprint density at radius 1 is 0.923 bits per heavy atom. The van der Waals surface area contributed by atoms with Gasteiger partial charge in [0.1, 0.15) is 0 Å². The van der Waals surface area contributed by atoms with Crippen LogP contribution in [0.1, 0.15) is 17.6 Å². The molecule has 2 aromatic heterocycles. The average molecular weight is 157 g/mol. The van der Waals surface area contributed by atoms with Crippen LogP contribution < -0.4 is 0 Å². The van der Waals surface area contributed by atoms with Crippen molar-refractivity contribution in [2.45, 2.75) is 20.3 Å². The molecule has 0 aliphatic heterocycles. The van der Waals surface area contributed by atoms with Crippen LogP contribution in [-0.4, -0.2) is 41.0 Å². The van der Waals surface area contributed by atoms with Crippen molar-refractivity contribution in [1.82, 2.24) is 0 Å². The zero-order valence-electron chi connectivity index (χ0n) is 8.17. The third-order valence-electron chi connectivity index (χ3n) is 2.47. The number of hydrogen-bond acceptors (Lipinski definition) is 0. The molecule has 0 radical (unpaired) electrons. The van der Waals surface area contributed by atoms with E-state index in [1.165, 1.54) is 21.1 Å². The summed E-state index contributed by atoms with van der Waals surface area (Å²) in [6.45, 7) is 17.6. The molecule has 0 unspecified atom stereocenters. The number of aryl methyl sites for hydroxylation is 2. The maximum absolute atomic E-state index is 2.27. The maximum atomic E-state index is 2.27. The van der Waals surface area contributed by atoms with Crippen LogP contribution in [0.2, 0.25) is 0 Å². The van der Waals surface area contributed by atoms with Gasteiger partial charge in [-0.1, -0.05) is 0 Å². The molecular formula is C7H8B6. The van der Waals surface area contributed by atoms with E-state index in [4.69, 9.17) is 0 Å². The van der Waals surface area contributed by atoms with Crippen LogP contribution in [0.4, 0.5) is 0 Å². The molecule has 13 heavy (non-hydrogen) atoms. The van der Waals surface area contributed by atoms with Crippen molar-refractivity contribution in [3.8, 4) is 0 Å². The molecule has 0 bridgehead atoms. The number of hydrogen-bond donors (Lipinski definition) is 0. The van der Waals surface area contributed by atoms with Crippen molar-refractivity contribution in [2.24, 2.45) is 0 Å². The fourth-order valence-electron chi connectivity index (χ4n) is 1.63. The summed E-state index contributed by atoms with van der Waals surface area (Å²) in [6, 6.07) is 0.